The highest BCUT2D eigenvalue weighted by Gasteiger charge is 2.40. The van der Waals surface area contributed by atoms with Gasteiger partial charge in [-0.2, -0.15) is 0 Å². The summed E-state index contributed by atoms with van der Waals surface area (Å²) in [7, 11) is 4.59. The molecule has 0 bridgehead atoms. The molecule has 8 nitrogen and oxygen atoms in total. The van der Waals surface area contributed by atoms with Crippen LogP contribution in [0, 0.1) is 0 Å². The fourth-order valence-corrected chi connectivity index (χ4v) is 6.08. The van der Waals surface area contributed by atoms with Crippen molar-refractivity contribution < 1.29 is 19.0 Å². The van der Waals surface area contributed by atoms with Gasteiger partial charge in [0.1, 0.15) is 5.82 Å². The molecule has 1 aliphatic carbocycles. The summed E-state index contributed by atoms with van der Waals surface area (Å²) in [6.45, 7) is 0. The highest BCUT2D eigenvalue weighted by atomic mass is 35.5. The number of nitrogens with zero attached hydrogens (tertiary/aromatic N) is 1. The third-order valence-corrected chi connectivity index (χ3v) is 7.90. The van der Waals surface area contributed by atoms with Crippen molar-refractivity contribution in [1.82, 2.24) is 9.97 Å². The molecule has 192 valence electrons. The van der Waals surface area contributed by atoms with E-state index >= 15 is 0 Å². The van der Waals surface area contributed by atoms with Crippen LogP contribution in [-0.4, -0.2) is 37.1 Å². The van der Waals surface area contributed by atoms with Crippen LogP contribution in [0.1, 0.15) is 41.9 Å². The maximum Gasteiger partial charge on any atom is 0.257 e. The number of hydrogen-bond donors (Lipinski definition) is 2. The molecular weight excluding hydrogens is 514 g/mol. The van der Waals surface area contributed by atoms with Gasteiger partial charge in [-0.05, 0) is 30.5 Å². The molecule has 0 fully saturated rings. The molecule has 2 aliphatic rings. The number of ether oxygens (including phenoxy) is 3. The van der Waals surface area contributed by atoms with Crippen LogP contribution in [-0.2, 0) is 10.5 Å². The van der Waals surface area contributed by atoms with Crippen molar-refractivity contribution in [3.63, 3.8) is 0 Å². The van der Waals surface area contributed by atoms with Crippen LogP contribution in [0.5, 0.6) is 17.2 Å². The number of halogens is 1. The Morgan fingerprint density at radius 3 is 2.54 bits per heavy atom. The van der Waals surface area contributed by atoms with E-state index in [0.29, 0.717) is 68.5 Å². The molecule has 3 aromatic rings. The smallest absolute Gasteiger partial charge is 0.257 e. The minimum absolute atomic E-state index is 0.00203. The number of anilines is 1. The number of ketones is 1. The van der Waals surface area contributed by atoms with E-state index in [1.807, 2.05) is 30.3 Å². The Balaban J connectivity index is 1.64. The van der Waals surface area contributed by atoms with E-state index in [4.69, 9.17) is 30.8 Å². The summed E-state index contributed by atoms with van der Waals surface area (Å²) in [5.74, 6) is 1.58. The molecule has 2 heterocycles. The normalized spacial score (nSPS) is 16.5. The van der Waals surface area contributed by atoms with Crippen LogP contribution in [0.2, 0.25) is 5.02 Å². The molecule has 2 N–H and O–H groups in total. The molecule has 1 aromatic heterocycles. The maximum atomic E-state index is 13.6. The van der Waals surface area contributed by atoms with Gasteiger partial charge in [-0.1, -0.05) is 47.6 Å². The van der Waals surface area contributed by atoms with Gasteiger partial charge >= 0.3 is 0 Å². The molecule has 10 heteroatoms. The molecule has 37 heavy (non-hydrogen) atoms. The Bertz CT molecular complexity index is 1470. The fourth-order valence-electron chi connectivity index (χ4n) is 4.93. The van der Waals surface area contributed by atoms with Gasteiger partial charge < -0.3 is 24.5 Å². The van der Waals surface area contributed by atoms with Gasteiger partial charge in [0.2, 0.25) is 5.75 Å². The van der Waals surface area contributed by atoms with Crippen LogP contribution >= 0.6 is 23.4 Å². The second-order valence-electron chi connectivity index (χ2n) is 8.66. The number of carbonyl (C=O) groups excluding carboxylic acids is 1. The zero-order chi connectivity index (χ0) is 26.1. The van der Waals surface area contributed by atoms with Crippen molar-refractivity contribution in [1.29, 1.82) is 0 Å². The Kier molecular flexibility index (Phi) is 7.17. The number of fused-ring (bicyclic) bond motifs is 1. The lowest BCUT2D eigenvalue weighted by Gasteiger charge is -2.33. The van der Waals surface area contributed by atoms with Gasteiger partial charge in [0, 0.05) is 34.0 Å². The number of hydrogen-bond acceptors (Lipinski definition) is 8. The number of allylic oxidation sites excluding steroid dienone is 2. The van der Waals surface area contributed by atoms with Crippen molar-refractivity contribution in [3.8, 4) is 17.2 Å². The summed E-state index contributed by atoms with van der Waals surface area (Å²) in [4.78, 5) is 34.5. The van der Waals surface area contributed by atoms with Gasteiger partial charge in [0.05, 0.1) is 32.8 Å². The van der Waals surface area contributed by atoms with E-state index in [1.165, 1.54) is 26.0 Å². The second kappa shape index (κ2) is 10.5. The van der Waals surface area contributed by atoms with Gasteiger partial charge in [-0.15, -0.1) is 0 Å². The summed E-state index contributed by atoms with van der Waals surface area (Å²) >= 11 is 7.69. The summed E-state index contributed by atoms with van der Waals surface area (Å²) in [6, 6.07) is 11.1. The Labute approximate surface area is 223 Å². The number of Topliss-reactive ketones (excluding diaryl/α,β-unsaturated/α-hetero) is 1. The lowest BCUT2D eigenvalue weighted by atomic mass is 9.76. The first-order chi connectivity index (χ1) is 18.0. The molecule has 2 aromatic carbocycles. The van der Waals surface area contributed by atoms with E-state index in [1.54, 1.807) is 13.2 Å². The Morgan fingerprint density at radius 1 is 1.03 bits per heavy atom. The fraction of sp³-hybridized carbons (Fsp3) is 0.296. The maximum absolute atomic E-state index is 13.6. The number of methoxy groups -OCH3 is 3. The van der Waals surface area contributed by atoms with Crippen LogP contribution in [0.4, 0.5) is 5.82 Å². The van der Waals surface area contributed by atoms with Gasteiger partial charge in [0.15, 0.2) is 22.4 Å². The Morgan fingerprint density at radius 2 is 1.81 bits per heavy atom. The lowest BCUT2D eigenvalue weighted by molar-refractivity contribution is -0.116. The molecule has 1 atom stereocenters. The summed E-state index contributed by atoms with van der Waals surface area (Å²) in [5.41, 5.74) is 2.96. The minimum Gasteiger partial charge on any atom is -0.493 e. The predicted molar refractivity (Wildman–Crippen MR) is 143 cm³/mol. The number of carbonyl (C=O) groups is 1. The van der Waals surface area contributed by atoms with Crippen molar-refractivity contribution in [2.24, 2.45) is 0 Å². The molecule has 0 saturated heterocycles. The van der Waals surface area contributed by atoms with E-state index < -0.39 is 5.92 Å². The standard InChI is InChI=1S/C27H26ClN3O5S/c1-34-19-12-11-15(23(35-2)24(19)36-3)20-21-17(9-6-10-18(21)32)29-25-22(20)26(33)31-27(30-25)37-13-14-7-4-5-8-16(14)28/h4-5,7-8,11-12,20H,6,9-10,13H2,1-3H3,(H2,29,30,31,33). The van der Waals surface area contributed by atoms with Crippen LogP contribution < -0.4 is 25.1 Å². The number of nitrogens with one attached hydrogen (secondary N) is 2. The van der Waals surface area contributed by atoms with Crippen LogP contribution in [0.25, 0.3) is 0 Å². The number of rotatable bonds is 7. The zero-order valence-corrected chi connectivity index (χ0v) is 22.2. The number of aromatic amines is 1. The SMILES string of the molecule is COc1ccc(C2C3=C(CCCC3=O)Nc3nc(SCc4ccccc4Cl)[nH]c(=O)c32)c(OC)c1OC. The molecular formula is C27H26ClN3O5S. The average molecular weight is 540 g/mol. The summed E-state index contributed by atoms with van der Waals surface area (Å²) < 4.78 is 16.8. The predicted octanol–water partition coefficient (Wildman–Crippen LogP) is 5.31. The molecule has 1 aliphatic heterocycles. The lowest BCUT2D eigenvalue weighted by Crippen LogP contribution is -2.33. The van der Waals surface area contributed by atoms with Gasteiger partial charge in [-0.3, -0.25) is 9.59 Å². The van der Waals surface area contributed by atoms with Gasteiger partial charge in [-0.25, -0.2) is 4.98 Å². The average Bonchev–Trinajstić information content (AvgIpc) is 2.90. The molecule has 5 rings (SSSR count). The monoisotopic (exact) mass is 539 g/mol. The largest absolute Gasteiger partial charge is 0.493 e. The minimum atomic E-state index is -0.673. The van der Waals surface area contributed by atoms with E-state index in [-0.39, 0.29) is 11.3 Å². The van der Waals surface area contributed by atoms with E-state index in [0.717, 1.165) is 17.7 Å². The van der Waals surface area contributed by atoms with E-state index in [9.17, 15) is 9.59 Å². The van der Waals surface area contributed by atoms with Crippen molar-refractivity contribution in [2.75, 3.05) is 26.6 Å². The van der Waals surface area contributed by atoms with E-state index in [2.05, 4.69) is 10.3 Å². The first kappa shape index (κ1) is 25.2. The molecule has 1 unspecified atom stereocenters. The van der Waals surface area contributed by atoms with Crippen molar-refractivity contribution in [3.05, 3.63) is 79.7 Å². The third-order valence-electron chi connectivity index (χ3n) is 6.60. The number of benzene rings is 2. The number of aromatic nitrogens is 2. The zero-order valence-electron chi connectivity index (χ0n) is 20.6. The first-order valence-electron chi connectivity index (χ1n) is 11.8. The highest BCUT2D eigenvalue weighted by Crippen LogP contribution is 2.50. The molecule has 0 radical (unpaired) electrons. The molecule has 0 amide bonds. The van der Waals surface area contributed by atoms with Crippen molar-refractivity contribution >= 4 is 35.0 Å². The second-order valence-corrected chi connectivity index (χ2v) is 10.0. The van der Waals surface area contributed by atoms with Crippen LogP contribution in [0.3, 0.4) is 0 Å². The number of H-pyrrole nitrogens is 1. The third kappa shape index (κ3) is 4.57. The topological polar surface area (TPSA) is 103 Å². The Hall–Kier alpha value is -3.43. The molecule has 0 spiro atoms. The summed E-state index contributed by atoms with van der Waals surface area (Å²) in [5, 5.41) is 4.42. The quantitative estimate of drug-likeness (QED) is 0.308. The highest BCUT2D eigenvalue weighted by molar-refractivity contribution is 7.98. The molecule has 0 saturated carbocycles. The summed E-state index contributed by atoms with van der Waals surface area (Å²) in [6.07, 6.45) is 1.83. The first-order valence-corrected chi connectivity index (χ1v) is 13.2. The van der Waals surface area contributed by atoms with Crippen LogP contribution in [0.15, 0.2) is 57.6 Å². The van der Waals surface area contributed by atoms with Crippen molar-refractivity contribution in [2.45, 2.75) is 36.1 Å². The number of thioether (sulfide) groups is 1. The van der Waals surface area contributed by atoms with Gasteiger partial charge in [0.25, 0.3) is 5.56 Å².